The van der Waals surface area contributed by atoms with Crippen molar-refractivity contribution in [3.05, 3.63) is 0 Å². The second-order valence-corrected chi connectivity index (χ2v) is 5.74. The van der Waals surface area contributed by atoms with Crippen molar-refractivity contribution in [2.24, 2.45) is 0 Å². The molecule has 2 saturated heterocycles. The molecule has 2 aliphatic heterocycles. The fourth-order valence-corrected chi connectivity index (χ4v) is 2.75. The number of hydrogen-bond acceptors (Lipinski definition) is 11. The number of rotatable bonds is 5. The van der Waals surface area contributed by atoms with Gasteiger partial charge in [0.15, 0.2) is 12.6 Å². The predicted molar refractivity (Wildman–Crippen MR) is 73.4 cm³/mol. The summed E-state index contributed by atoms with van der Waals surface area (Å²) in [7, 11) is 1.24. The predicted octanol–water partition coefficient (Wildman–Crippen LogP) is -4.74. The van der Waals surface area contributed by atoms with Gasteiger partial charge in [-0.3, -0.25) is 0 Å². The zero-order valence-electron chi connectivity index (χ0n) is 13.0. The molecule has 142 valence electrons. The third-order valence-electron chi connectivity index (χ3n) is 4.19. The Morgan fingerprint density at radius 2 is 1.25 bits per heavy atom. The minimum absolute atomic E-state index is 0.592. The van der Waals surface area contributed by atoms with Gasteiger partial charge < -0.3 is 54.7 Å². The van der Waals surface area contributed by atoms with Gasteiger partial charge in [0.2, 0.25) is 0 Å². The number of ether oxygens (including phenoxy) is 4. The highest BCUT2D eigenvalue weighted by atomic mass is 16.7. The highest BCUT2D eigenvalue weighted by Gasteiger charge is 2.50. The van der Waals surface area contributed by atoms with Crippen molar-refractivity contribution in [3.63, 3.8) is 0 Å². The van der Waals surface area contributed by atoms with E-state index in [0.717, 1.165) is 0 Å². The monoisotopic (exact) mass is 356 g/mol. The molecule has 2 rings (SSSR count). The summed E-state index contributed by atoms with van der Waals surface area (Å²) in [6.07, 6.45) is -14.3. The van der Waals surface area contributed by atoms with Crippen LogP contribution in [0.4, 0.5) is 0 Å². The summed E-state index contributed by atoms with van der Waals surface area (Å²) in [5.74, 6) is 0. The van der Waals surface area contributed by atoms with Crippen LogP contribution in [0.15, 0.2) is 0 Å². The van der Waals surface area contributed by atoms with Crippen LogP contribution in [0.1, 0.15) is 0 Å². The number of aliphatic hydroxyl groups excluding tert-OH is 7. The van der Waals surface area contributed by atoms with Gasteiger partial charge in [0.25, 0.3) is 0 Å². The summed E-state index contributed by atoms with van der Waals surface area (Å²) in [4.78, 5) is 0. The molecule has 0 radical (unpaired) electrons. The molecule has 2 fully saturated rings. The molecule has 0 aromatic rings. The van der Waals surface area contributed by atoms with Gasteiger partial charge >= 0.3 is 0 Å². The lowest BCUT2D eigenvalue weighted by Crippen LogP contribution is -2.64. The average Bonchev–Trinajstić information content (AvgIpc) is 2.59. The van der Waals surface area contributed by atoms with Crippen LogP contribution in [-0.4, -0.2) is 117 Å². The van der Waals surface area contributed by atoms with E-state index in [2.05, 4.69) is 0 Å². The van der Waals surface area contributed by atoms with Crippen LogP contribution in [0.3, 0.4) is 0 Å². The highest BCUT2D eigenvalue weighted by molar-refractivity contribution is 4.93. The first-order valence-electron chi connectivity index (χ1n) is 7.46. The standard InChI is InChI=1S/C13H24O11/c1-21-12-10(20)8(18)11(5(3-15)23-12)24-13-9(19)7(17)6(16)4(2-14)22-13/h4-20H,2-3H2,1H3/t4-,5-,6+,7+,8-,9+,10+,11-,12-,13+/m1/s1. The molecule has 10 atom stereocenters. The lowest BCUT2D eigenvalue weighted by atomic mass is 9.97. The first kappa shape index (κ1) is 19.9. The average molecular weight is 356 g/mol. The summed E-state index contributed by atoms with van der Waals surface area (Å²) < 4.78 is 20.6. The minimum atomic E-state index is -1.69. The van der Waals surface area contributed by atoms with Crippen molar-refractivity contribution in [2.45, 2.75) is 61.4 Å². The molecule has 0 saturated carbocycles. The highest BCUT2D eigenvalue weighted by Crippen LogP contribution is 2.29. The van der Waals surface area contributed by atoms with Gasteiger partial charge in [0.05, 0.1) is 13.2 Å². The maximum Gasteiger partial charge on any atom is 0.187 e. The van der Waals surface area contributed by atoms with Crippen molar-refractivity contribution in [1.82, 2.24) is 0 Å². The van der Waals surface area contributed by atoms with Crippen LogP contribution in [0.25, 0.3) is 0 Å². The molecular formula is C13H24O11. The fourth-order valence-electron chi connectivity index (χ4n) is 2.75. The third kappa shape index (κ3) is 3.71. The van der Waals surface area contributed by atoms with Gasteiger partial charge in [-0.2, -0.15) is 0 Å². The molecule has 0 aromatic carbocycles. The minimum Gasteiger partial charge on any atom is -0.394 e. The molecule has 0 bridgehead atoms. The maximum atomic E-state index is 10.2. The molecule has 11 heteroatoms. The maximum absolute atomic E-state index is 10.2. The van der Waals surface area contributed by atoms with E-state index < -0.39 is 74.6 Å². The van der Waals surface area contributed by atoms with Crippen LogP contribution < -0.4 is 0 Å². The Labute approximate surface area is 137 Å². The van der Waals surface area contributed by atoms with Crippen LogP contribution in [0.5, 0.6) is 0 Å². The molecule has 2 heterocycles. The van der Waals surface area contributed by atoms with E-state index in [-0.39, 0.29) is 0 Å². The summed E-state index contributed by atoms with van der Waals surface area (Å²) in [6, 6.07) is 0. The Morgan fingerprint density at radius 1 is 0.708 bits per heavy atom. The second-order valence-electron chi connectivity index (χ2n) is 5.74. The van der Waals surface area contributed by atoms with E-state index in [1.165, 1.54) is 7.11 Å². The van der Waals surface area contributed by atoms with E-state index in [1.54, 1.807) is 0 Å². The molecule has 0 aromatic heterocycles. The molecular weight excluding hydrogens is 332 g/mol. The summed E-state index contributed by atoms with van der Waals surface area (Å²) in [5, 5.41) is 68.0. The summed E-state index contributed by atoms with van der Waals surface area (Å²) in [5.41, 5.74) is 0. The smallest absolute Gasteiger partial charge is 0.187 e. The van der Waals surface area contributed by atoms with Crippen LogP contribution in [0.2, 0.25) is 0 Å². The first-order valence-corrected chi connectivity index (χ1v) is 7.46. The zero-order valence-corrected chi connectivity index (χ0v) is 13.0. The van der Waals surface area contributed by atoms with Gasteiger partial charge in [0.1, 0.15) is 48.8 Å². The van der Waals surface area contributed by atoms with Crippen molar-refractivity contribution >= 4 is 0 Å². The van der Waals surface area contributed by atoms with Crippen LogP contribution in [-0.2, 0) is 18.9 Å². The van der Waals surface area contributed by atoms with Crippen molar-refractivity contribution in [3.8, 4) is 0 Å². The van der Waals surface area contributed by atoms with Crippen molar-refractivity contribution in [2.75, 3.05) is 20.3 Å². The lowest BCUT2D eigenvalue weighted by molar-refractivity contribution is -0.357. The molecule has 0 aliphatic carbocycles. The SMILES string of the molecule is CO[C@@H]1O[C@H](CO)[C@@H](O[C@@H]2O[C@H](CO)[C@H](O)[C@H](O)[C@@H]2O)[C@H](O)[C@@H]1O. The molecule has 11 nitrogen and oxygen atoms in total. The third-order valence-corrected chi connectivity index (χ3v) is 4.19. The molecule has 0 unspecified atom stereocenters. The zero-order chi connectivity index (χ0) is 18.0. The summed E-state index contributed by atoms with van der Waals surface area (Å²) >= 11 is 0. The number of hydrogen-bond donors (Lipinski definition) is 7. The van der Waals surface area contributed by atoms with E-state index in [9.17, 15) is 30.6 Å². The number of methoxy groups -OCH3 is 1. The van der Waals surface area contributed by atoms with Gasteiger partial charge in [-0.15, -0.1) is 0 Å². The topological polar surface area (TPSA) is 179 Å². The first-order chi connectivity index (χ1) is 11.3. The molecule has 0 spiro atoms. The van der Waals surface area contributed by atoms with Gasteiger partial charge in [-0.25, -0.2) is 0 Å². The molecule has 2 aliphatic rings. The Bertz CT molecular complexity index is 392. The second kappa shape index (κ2) is 8.29. The fraction of sp³-hybridized carbons (Fsp3) is 1.00. The molecule has 0 amide bonds. The lowest BCUT2D eigenvalue weighted by Gasteiger charge is -2.45. The largest absolute Gasteiger partial charge is 0.394 e. The van der Waals surface area contributed by atoms with Gasteiger partial charge in [0, 0.05) is 7.11 Å². The Morgan fingerprint density at radius 3 is 1.79 bits per heavy atom. The van der Waals surface area contributed by atoms with E-state index >= 15 is 0 Å². The number of aliphatic hydroxyl groups is 7. The summed E-state index contributed by atoms with van der Waals surface area (Å²) in [6.45, 7) is -1.24. The van der Waals surface area contributed by atoms with E-state index in [0.29, 0.717) is 0 Å². The Hall–Kier alpha value is -0.440. The van der Waals surface area contributed by atoms with E-state index in [1.807, 2.05) is 0 Å². The van der Waals surface area contributed by atoms with Crippen LogP contribution in [0, 0.1) is 0 Å². The normalized spacial score (nSPS) is 50.0. The quantitative estimate of drug-likeness (QED) is 0.251. The Balaban J connectivity index is 2.12. The molecule has 7 N–H and O–H groups in total. The van der Waals surface area contributed by atoms with Crippen molar-refractivity contribution in [1.29, 1.82) is 0 Å². The van der Waals surface area contributed by atoms with Crippen LogP contribution >= 0.6 is 0 Å². The molecule has 24 heavy (non-hydrogen) atoms. The van der Waals surface area contributed by atoms with Gasteiger partial charge in [-0.1, -0.05) is 0 Å². The van der Waals surface area contributed by atoms with E-state index in [4.69, 9.17) is 24.1 Å². The van der Waals surface area contributed by atoms with Crippen molar-refractivity contribution < 1.29 is 54.7 Å². The Kier molecular flexibility index (Phi) is 6.87. The van der Waals surface area contributed by atoms with Gasteiger partial charge in [-0.05, 0) is 0 Å².